The molecule has 0 saturated heterocycles. The van der Waals surface area contributed by atoms with Crippen molar-refractivity contribution < 1.29 is 5.11 Å². The SMILES string of the molecule is C=C(C)/C(=C/CC)c1ccc(O)cc1. The predicted molar refractivity (Wildman–Crippen MR) is 61.2 cm³/mol. The second-order valence-electron chi connectivity index (χ2n) is 3.35. The topological polar surface area (TPSA) is 20.2 Å². The average molecular weight is 188 g/mol. The van der Waals surface area contributed by atoms with Gasteiger partial charge in [0.15, 0.2) is 0 Å². The molecule has 1 nitrogen and oxygen atoms in total. The molecule has 1 aromatic carbocycles. The molecule has 1 heteroatoms. The van der Waals surface area contributed by atoms with Crippen molar-refractivity contribution in [3.63, 3.8) is 0 Å². The van der Waals surface area contributed by atoms with Gasteiger partial charge in [0.25, 0.3) is 0 Å². The van der Waals surface area contributed by atoms with Crippen LogP contribution in [-0.4, -0.2) is 5.11 Å². The minimum Gasteiger partial charge on any atom is -0.508 e. The number of rotatable bonds is 3. The predicted octanol–water partition coefficient (Wildman–Crippen LogP) is 3.76. The van der Waals surface area contributed by atoms with Crippen molar-refractivity contribution in [1.82, 2.24) is 0 Å². The fourth-order valence-corrected chi connectivity index (χ4v) is 1.38. The molecular formula is C13H16O. The van der Waals surface area contributed by atoms with E-state index in [1.54, 1.807) is 12.1 Å². The number of phenols is 1. The molecule has 14 heavy (non-hydrogen) atoms. The molecule has 0 saturated carbocycles. The summed E-state index contributed by atoms with van der Waals surface area (Å²) >= 11 is 0. The van der Waals surface area contributed by atoms with E-state index in [0.29, 0.717) is 5.75 Å². The maximum Gasteiger partial charge on any atom is 0.115 e. The zero-order valence-corrected chi connectivity index (χ0v) is 8.75. The van der Waals surface area contributed by atoms with Crippen LogP contribution in [0, 0.1) is 0 Å². The molecule has 1 rings (SSSR count). The summed E-state index contributed by atoms with van der Waals surface area (Å²) < 4.78 is 0. The molecule has 0 aliphatic carbocycles. The Kier molecular flexibility index (Phi) is 3.52. The maximum absolute atomic E-state index is 9.17. The third kappa shape index (κ3) is 2.49. The molecular weight excluding hydrogens is 172 g/mol. The number of hydrogen-bond donors (Lipinski definition) is 1. The molecule has 0 aromatic heterocycles. The van der Waals surface area contributed by atoms with E-state index in [4.69, 9.17) is 5.11 Å². The van der Waals surface area contributed by atoms with Crippen LogP contribution in [0.15, 0.2) is 42.5 Å². The molecule has 0 atom stereocenters. The summed E-state index contributed by atoms with van der Waals surface area (Å²) in [6, 6.07) is 7.21. The Labute approximate surface area is 85.4 Å². The highest BCUT2D eigenvalue weighted by atomic mass is 16.3. The second kappa shape index (κ2) is 4.66. The van der Waals surface area contributed by atoms with Gasteiger partial charge in [0.05, 0.1) is 0 Å². The van der Waals surface area contributed by atoms with Gasteiger partial charge in [-0.25, -0.2) is 0 Å². The number of hydrogen-bond acceptors (Lipinski definition) is 1. The molecule has 0 spiro atoms. The molecule has 74 valence electrons. The van der Waals surface area contributed by atoms with Gasteiger partial charge in [-0.2, -0.15) is 0 Å². The lowest BCUT2D eigenvalue weighted by atomic mass is 9.99. The summed E-state index contributed by atoms with van der Waals surface area (Å²) in [5.41, 5.74) is 3.32. The van der Waals surface area contributed by atoms with Crippen molar-refractivity contribution in [2.45, 2.75) is 20.3 Å². The standard InChI is InChI=1S/C13H16O/c1-4-5-13(10(2)3)11-6-8-12(14)9-7-11/h5-9,14H,2,4H2,1,3H3/b13-5-. The van der Waals surface area contributed by atoms with Crippen molar-refractivity contribution in [3.8, 4) is 5.75 Å². The van der Waals surface area contributed by atoms with Crippen LogP contribution >= 0.6 is 0 Å². The summed E-state index contributed by atoms with van der Waals surface area (Å²) in [5, 5.41) is 9.17. The van der Waals surface area contributed by atoms with Gasteiger partial charge in [-0.1, -0.05) is 37.3 Å². The van der Waals surface area contributed by atoms with Crippen LogP contribution in [0.1, 0.15) is 25.8 Å². The first-order valence-electron chi connectivity index (χ1n) is 4.80. The Morgan fingerprint density at radius 2 is 1.93 bits per heavy atom. The molecule has 0 unspecified atom stereocenters. The van der Waals surface area contributed by atoms with Gasteiger partial charge in [-0.15, -0.1) is 0 Å². The molecule has 0 aliphatic rings. The third-order valence-electron chi connectivity index (χ3n) is 2.05. The minimum atomic E-state index is 0.298. The normalized spacial score (nSPS) is 11.4. The third-order valence-corrected chi connectivity index (χ3v) is 2.05. The molecule has 0 aliphatic heterocycles. The van der Waals surface area contributed by atoms with Gasteiger partial charge < -0.3 is 5.11 Å². The highest BCUT2D eigenvalue weighted by Gasteiger charge is 2.01. The average Bonchev–Trinajstić information content (AvgIpc) is 2.15. The maximum atomic E-state index is 9.17. The van der Waals surface area contributed by atoms with Crippen LogP contribution in [0.5, 0.6) is 5.75 Å². The van der Waals surface area contributed by atoms with E-state index in [1.807, 2.05) is 19.1 Å². The first kappa shape index (κ1) is 10.6. The molecule has 0 amide bonds. The number of allylic oxidation sites excluding steroid dienone is 3. The quantitative estimate of drug-likeness (QED) is 0.716. The summed E-state index contributed by atoms with van der Waals surface area (Å²) in [6.07, 6.45) is 3.14. The van der Waals surface area contributed by atoms with E-state index in [0.717, 1.165) is 23.1 Å². The lowest BCUT2D eigenvalue weighted by Crippen LogP contribution is -1.84. The second-order valence-corrected chi connectivity index (χ2v) is 3.35. The van der Waals surface area contributed by atoms with Gasteiger partial charge in [0, 0.05) is 0 Å². The van der Waals surface area contributed by atoms with Crippen molar-refractivity contribution in [2.75, 3.05) is 0 Å². The Morgan fingerprint density at radius 3 is 2.36 bits per heavy atom. The van der Waals surface area contributed by atoms with E-state index >= 15 is 0 Å². The van der Waals surface area contributed by atoms with E-state index in [2.05, 4.69) is 19.6 Å². The van der Waals surface area contributed by atoms with Gasteiger partial charge in [-0.05, 0) is 36.6 Å². The van der Waals surface area contributed by atoms with E-state index in [9.17, 15) is 0 Å². The number of aromatic hydroxyl groups is 1. The number of phenolic OH excluding ortho intramolecular Hbond substituents is 1. The Morgan fingerprint density at radius 1 is 1.36 bits per heavy atom. The molecule has 0 bridgehead atoms. The monoisotopic (exact) mass is 188 g/mol. The lowest BCUT2D eigenvalue weighted by Gasteiger charge is -2.07. The summed E-state index contributed by atoms with van der Waals surface area (Å²) in [4.78, 5) is 0. The van der Waals surface area contributed by atoms with Crippen LogP contribution in [0.4, 0.5) is 0 Å². The van der Waals surface area contributed by atoms with Crippen LogP contribution in [0.2, 0.25) is 0 Å². The van der Waals surface area contributed by atoms with Crippen molar-refractivity contribution >= 4 is 5.57 Å². The van der Waals surface area contributed by atoms with Gasteiger partial charge in [-0.3, -0.25) is 0 Å². The first-order chi connectivity index (χ1) is 6.65. The van der Waals surface area contributed by atoms with E-state index in [1.165, 1.54) is 0 Å². The zero-order valence-electron chi connectivity index (χ0n) is 8.75. The van der Waals surface area contributed by atoms with E-state index in [-0.39, 0.29) is 0 Å². The highest BCUT2D eigenvalue weighted by Crippen LogP contribution is 2.23. The Hall–Kier alpha value is -1.50. The molecule has 1 aromatic rings. The molecule has 0 radical (unpaired) electrons. The van der Waals surface area contributed by atoms with Gasteiger partial charge >= 0.3 is 0 Å². The van der Waals surface area contributed by atoms with Crippen molar-refractivity contribution in [2.24, 2.45) is 0 Å². The smallest absolute Gasteiger partial charge is 0.115 e. The molecule has 0 fully saturated rings. The van der Waals surface area contributed by atoms with Crippen molar-refractivity contribution in [3.05, 3.63) is 48.1 Å². The molecule has 1 N–H and O–H groups in total. The molecule has 0 heterocycles. The zero-order chi connectivity index (χ0) is 10.6. The van der Waals surface area contributed by atoms with Crippen LogP contribution in [0.3, 0.4) is 0 Å². The Bertz CT molecular complexity index is 344. The van der Waals surface area contributed by atoms with E-state index < -0.39 is 0 Å². The van der Waals surface area contributed by atoms with Crippen LogP contribution in [-0.2, 0) is 0 Å². The largest absolute Gasteiger partial charge is 0.508 e. The van der Waals surface area contributed by atoms with Crippen LogP contribution in [0.25, 0.3) is 5.57 Å². The fraction of sp³-hybridized carbons (Fsp3) is 0.231. The van der Waals surface area contributed by atoms with Gasteiger partial charge in [0.2, 0.25) is 0 Å². The number of benzene rings is 1. The highest BCUT2D eigenvalue weighted by molar-refractivity contribution is 5.77. The first-order valence-corrected chi connectivity index (χ1v) is 4.80. The minimum absolute atomic E-state index is 0.298. The lowest BCUT2D eigenvalue weighted by molar-refractivity contribution is 0.475. The van der Waals surface area contributed by atoms with Gasteiger partial charge in [0.1, 0.15) is 5.75 Å². The van der Waals surface area contributed by atoms with Crippen molar-refractivity contribution in [1.29, 1.82) is 0 Å². The van der Waals surface area contributed by atoms with Crippen LogP contribution < -0.4 is 0 Å². The Balaban J connectivity index is 3.06. The summed E-state index contributed by atoms with van der Waals surface area (Å²) in [7, 11) is 0. The summed E-state index contributed by atoms with van der Waals surface area (Å²) in [5.74, 6) is 0.298. The summed E-state index contributed by atoms with van der Waals surface area (Å²) in [6.45, 7) is 8.04. The fourth-order valence-electron chi connectivity index (χ4n) is 1.38.